The minimum absolute atomic E-state index is 0.120. The van der Waals surface area contributed by atoms with Gasteiger partial charge in [-0.05, 0) is 32.4 Å². The van der Waals surface area contributed by atoms with Crippen LogP contribution < -0.4 is 9.47 Å². The summed E-state index contributed by atoms with van der Waals surface area (Å²) >= 11 is 3.44. The maximum atomic E-state index is 12.7. The van der Waals surface area contributed by atoms with Crippen molar-refractivity contribution in [2.45, 2.75) is 25.9 Å². The van der Waals surface area contributed by atoms with Gasteiger partial charge >= 0.3 is 0 Å². The first kappa shape index (κ1) is 19.4. The lowest BCUT2D eigenvalue weighted by Gasteiger charge is -2.31. The van der Waals surface area contributed by atoms with Gasteiger partial charge in [-0.15, -0.1) is 0 Å². The molecule has 0 aliphatic carbocycles. The molecule has 1 aliphatic heterocycles. The van der Waals surface area contributed by atoms with Crippen molar-refractivity contribution in [1.82, 2.24) is 4.90 Å². The zero-order chi connectivity index (χ0) is 18.8. The van der Waals surface area contributed by atoms with Crippen LogP contribution in [0.25, 0.3) is 6.08 Å². The number of nitrogens with zero attached hydrogens (tertiary/aromatic N) is 1. The molecule has 1 aromatic carbocycles. The number of hydrogen-bond acceptors (Lipinski definition) is 5. The average molecular weight is 410 g/mol. The highest BCUT2D eigenvalue weighted by atomic mass is 79.9. The predicted molar refractivity (Wildman–Crippen MR) is 103 cm³/mol. The summed E-state index contributed by atoms with van der Waals surface area (Å²) in [6, 6.07) is 0. The maximum Gasteiger partial charge on any atom is 0.194 e. The molecule has 5 nitrogen and oxygen atoms in total. The van der Waals surface area contributed by atoms with Gasteiger partial charge in [0, 0.05) is 37.3 Å². The number of carbonyl (C=O) groups excluding carboxylic acids is 1. The van der Waals surface area contributed by atoms with E-state index in [9.17, 15) is 9.90 Å². The molecule has 6 heteroatoms. The molecule has 0 unspecified atom stereocenters. The molecule has 0 radical (unpaired) electrons. The number of carbonyl (C=O) groups is 1. The number of halogens is 1. The van der Waals surface area contributed by atoms with Gasteiger partial charge in [0.05, 0.1) is 12.7 Å². The van der Waals surface area contributed by atoms with Gasteiger partial charge < -0.3 is 19.5 Å². The molecule has 0 aromatic heterocycles. The quantitative estimate of drug-likeness (QED) is 0.440. The summed E-state index contributed by atoms with van der Waals surface area (Å²) in [5, 5.41) is 11.4. The zero-order valence-corrected chi connectivity index (χ0v) is 16.8. The lowest BCUT2D eigenvalue weighted by atomic mass is 9.92. The molecule has 0 spiro atoms. The van der Waals surface area contributed by atoms with Crippen LogP contribution in [0.15, 0.2) is 18.4 Å². The van der Waals surface area contributed by atoms with Gasteiger partial charge in [-0.3, -0.25) is 4.79 Å². The van der Waals surface area contributed by atoms with Crippen LogP contribution in [0.2, 0.25) is 0 Å². The minimum atomic E-state index is -0.498. The zero-order valence-electron chi connectivity index (χ0n) is 15.2. The van der Waals surface area contributed by atoms with Gasteiger partial charge in [0.1, 0.15) is 28.4 Å². The first-order valence-corrected chi connectivity index (χ1v) is 9.13. The first-order valence-electron chi connectivity index (χ1n) is 8.00. The Morgan fingerprint density at radius 2 is 2.12 bits per heavy atom. The summed E-state index contributed by atoms with van der Waals surface area (Å²) in [6.07, 6.45) is 7.33. The number of fused-ring (bicyclic) bond motifs is 1. The number of allylic oxidation sites excluding steroid dienone is 1. The van der Waals surface area contributed by atoms with Crippen molar-refractivity contribution in [1.29, 1.82) is 0 Å². The monoisotopic (exact) mass is 409 g/mol. The number of alkyl halides is 1. The Hall–Kier alpha value is -1.95. The third-order valence-corrected chi connectivity index (χ3v) is 4.24. The second-order valence-electron chi connectivity index (χ2n) is 6.60. The lowest BCUT2D eigenvalue weighted by Crippen LogP contribution is -2.28. The number of ether oxygens (including phenoxy) is 2. The molecule has 2 rings (SSSR count). The maximum absolute atomic E-state index is 12.7. The van der Waals surface area contributed by atoms with Gasteiger partial charge in [0.15, 0.2) is 5.78 Å². The molecule has 0 atom stereocenters. The van der Waals surface area contributed by atoms with Crippen LogP contribution in [0.1, 0.15) is 35.3 Å². The highest BCUT2D eigenvalue weighted by Gasteiger charge is 2.32. The summed E-state index contributed by atoms with van der Waals surface area (Å²) in [7, 11) is 5.14. The fraction of sp³-hybridized carbons (Fsp3) is 0.421. The predicted octanol–water partition coefficient (Wildman–Crippen LogP) is 3.78. The number of benzene rings is 1. The van der Waals surface area contributed by atoms with Crippen LogP contribution in [-0.4, -0.2) is 47.9 Å². The van der Waals surface area contributed by atoms with Gasteiger partial charge in [-0.25, -0.2) is 0 Å². The van der Waals surface area contributed by atoms with Crippen LogP contribution in [0.5, 0.6) is 17.2 Å². The van der Waals surface area contributed by atoms with Crippen LogP contribution in [0.3, 0.4) is 0 Å². The van der Waals surface area contributed by atoms with E-state index in [-0.39, 0.29) is 17.1 Å². The van der Waals surface area contributed by atoms with E-state index >= 15 is 0 Å². The van der Waals surface area contributed by atoms with Crippen molar-refractivity contribution >= 4 is 27.8 Å². The molecular weight excluding hydrogens is 386 g/mol. The minimum Gasteiger partial charge on any atom is -0.506 e. The summed E-state index contributed by atoms with van der Waals surface area (Å²) in [5.74, 6) is 0.481. The van der Waals surface area contributed by atoms with E-state index in [1.165, 1.54) is 13.2 Å². The molecule has 0 fully saturated rings. The Labute approximate surface area is 157 Å². The second-order valence-corrected chi connectivity index (χ2v) is 7.39. The molecule has 1 heterocycles. The topological polar surface area (TPSA) is 59.0 Å². The fourth-order valence-electron chi connectivity index (χ4n) is 2.69. The van der Waals surface area contributed by atoms with E-state index in [0.29, 0.717) is 28.8 Å². The Bertz CT molecular complexity index is 736. The molecule has 0 amide bonds. The third kappa shape index (κ3) is 4.00. The Morgan fingerprint density at radius 3 is 2.68 bits per heavy atom. The Kier molecular flexibility index (Phi) is 5.83. The molecule has 1 N–H and O–H groups in total. The van der Waals surface area contributed by atoms with Crippen LogP contribution in [-0.2, 0) is 6.42 Å². The van der Waals surface area contributed by atoms with Crippen molar-refractivity contribution in [2.24, 2.45) is 0 Å². The van der Waals surface area contributed by atoms with Crippen LogP contribution >= 0.6 is 15.9 Å². The van der Waals surface area contributed by atoms with E-state index in [4.69, 9.17) is 9.47 Å². The molecule has 136 valence electrons. The lowest BCUT2D eigenvalue weighted by molar-refractivity contribution is 0.103. The molecule has 1 aliphatic rings. The second kappa shape index (κ2) is 7.52. The third-order valence-electron chi connectivity index (χ3n) is 3.85. The van der Waals surface area contributed by atoms with E-state index in [2.05, 4.69) is 15.9 Å². The first-order chi connectivity index (χ1) is 11.7. The normalized spacial score (nSPS) is 15.0. The van der Waals surface area contributed by atoms with E-state index in [0.717, 1.165) is 5.56 Å². The summed E-state index contributed by atoms with van der Waals surface area (Å²) < 4.78 is 11.6. The molecule has 0 saturated heterocycles. The van der Waals surface area contributed by atoms with E-state index in [1.807, 2.05) is 34.0 Å². The van der Waals surface area contributed by atoms with Crippen molar-refractivity contribution in [3.8, 4) is 17.2 Å². The number of phenolic OH excluding ortho intramolecular Hbond substituents is 1. The number of hydrogen-bond donors (Lipinski definition) is 1. The molecule has 25 heavy (non-hydrogen) atoms. The van der Waals surface area contributed by atoms with Crippen LogP contribution in [0.4, 0.5) is 0 Å². The standard InChI is InChI=1S/C19H24BrNO4/c1-19(2)9-6-12-16(23)15(14(22)8-11-21(3)4)18(24-5)13(7-10-20)17(12)25-19/h6,8-9,11,23H,7,10H2,1-5H3/b11-8+. The number of rotatable bonds is 6. The summed E-state index contributed by atoms with van der Waals surface area (Å²) in [4.78, 5) is 14.4. The smallest absolute Gasteiger partial charge is 0.194 e. The fourth-order valence-corrected chi connectivity index (χ4v) is 3.09. The van der Waals surface area contributed by atoms with E-state index < -0.39 is 5.60 Å². The Morgan fingerprint density at radius 1 is 1.44 bits per heavy atom. The number of methoxy groups -OCH3 is 1. The largest absolute Gasteiger partial charge is 0.506 e. The van der Waals surface area contributed by atoms with E-state index in [1.54, 1.807) is 17.2 Å². The van der Waals surface area contributed by atoms with Gasteiger partial charge in [0.25, 0.3) is 0 Å². The molecular formula is C19H24BrNO4. The number of ketones is 1. The van der Waals surface area contributed by atoms with Crippen molar-refractivity contribution < 1.29 is 19.4 Å². The Balaban J connectivity index is 2.73. The van der Waals surface area contributed by atoms with Crippen molar-refractivity contribution in [3.63, 3.8) is 0 Å². The van der Waals surface area contributed by atoms with Gasteiger partial charge in [-0.1, -0.05) is 15.9 Å². The van der Waals surface area contributed by atoms with Gasteiger partial charge in [0.2, 0.25) is 0 Å². The highest BCUT2D eigenvalue weighted by Crippen LogP contribution is 2.47. The van der Waals surface area contributed by atoms with Crippen molar-refractivity contribution in [2.75, 3.05) is 26.5 Å². The number of phenols is 1. The molecule has 0 saturated carbocycles. The molecule has 1 aromatic rings. The highest BCUT2D eigenvalue weighted by molar-refractivity contribution is 9.09. The SMILES string of the molecule is COc1c(CCBr)c2c(c(O)c1C(=O)/C=C/N(C)C)C=CC(C)(C)O2. The van der Waals surface area contributed by atoms with Crippen LogP contribution in [0, 0.1) is 0 Å². The summed E-state index contributed by atoms with van der Waals surface area (Å²) in [6.45, 7) is 3.87. The average Bonchev–Trinajstić information content (AvgIpc) is 2.53. The van der Waals surface area contributed by atoms with Gasteiger partial charge in [-0.2, -0.15) is 0 Å². The van der Waals surface area contributed by atoms with Crippen molar-refractivity contribution in [3.05, 3.63) is 35.0 Å². The molecule has 0 bridgehead atoms. The summed E-state index contributed by atoms with van der Waals surface area (Å²) in [5.41, 5.74) is 0.939. The number of aromatic hydroxyl groups is 1.